The van der Waals surface area contributed by atoms with Crippen LogP contribution < -0.4 is 0 Å². The van der Waals surface area contributed by atoms with Crippen LogP contribution in [0.15, 0.2) is 0 Å². The third-order valence-corrected chi connectivity index (χ3v) is 5.24. The normalized spacial score (nSPS) is 17.1. The Hall–Kier alpha value is 0.110. The second kappa shape index (κ2) is 13.5. The van der Waals surface area contributed by atoms with Crippen molar-refractivity contribution in [3.63, 3.8) is 0 Å². The van der Waals surface area contributed by atoms with Gasteiger partial charge in [-0.25, -0.2) is 4.57 Å². The molecule has 0 rings (SSSR count). The van der Waals surface area contributed by atoms with E-state index >= 15 is 0 Å². The molecule has 0 aliphatic heterocycles. The number of rotatable bonds is 15. The predicted molar refractivity (Wildman–Crippen MR) is 93.2 cm³/mol. The standard InChI is InChI=1S/C17H37O4P/c1-6-9-11-13-16(4)20-22(18,19-15-8-3)21-17(5)14-12-10-7-2/h16-17H,6-15H2,1-5H3. The fourth-order valence-corrected chi connectivity index (χ4v) is 3.87. The van der Waals surface area contributed by atoms with E-state index in [0.29, 0.717) is 6.61 Å². The lowest BCUT2D eigenvalue weighted by atomic mass is 10.1. The predicted octanol–water partition coefficient (Wildman–Crippen LogP) is 6.49. The Labute approximate surface area is 137 Å². The lowest BCUT2D eigenvalue weighted by Gasteiger charge is -2.24. The molecule has 0 heterocycles. The van der Waals surface area contributed by atoms with Crippen LogP contribution in [0.3, 0.4) is 0 Å². The summed E-state index contributed by atoms with van der Waals surface area (Å²) < 4.78 is 29.6. The van der Waals surface area contributed by atoms with Crippen molar-refractivity contribution in [1.82, 2.24) is 0 Å². The molecule has 0 N–H and O–H groups in total. The molecule has 0 aliphatic rings. The van der Waals surface area contributed by atoms with E-state index in [1.54, 1.807) is 0 Å². The van der Waals surface area contributed by atoms with Crippen molar-refractivity contribution in [2.75, 3.05) is 6.61 Å². The summed E-state index contributed by atoms with van der Waals surface area (Å²) in [6.45, 7) is 10.6. The molecule has 22 heavy (non-hydrogen) atoms. The highest BCUT2D eigenvalue weighted by Gasteiger charge is 2.31. The minimum atomic E-state index is -3.45. The molecule has 4 nitrogen and oxygen atoms in total. The van der Waals surface area contributed by atoms with Gasteiger partial charge >= 0.3 is 7.82 Å². The zero-order valence-corrected chi connectivity index (χ0v) is 16.2. The maximum atomic E-state index is 12.8. The van der Waals surface area contributed by atoms with Crippen LogP contribution in [0.25, 0.3) is 0 Å². The fourth-order valence-electron chi connectivity index (χ4n) is 2.20. The fraction of sp³-hybridized carbons (Fsp3) is 1.00. The van der Waals surface area contributed by atoms with Gasteiger partial charge in [0.1, 0.15) is 0 Å². The summed E-state index contributed by atoms with van der Waals surface area (Å²) in [6, 6.07) is 0. The van der Waals surface area contributed by atoms with E-state index < -0.39 is 7.82 Å². The van der Waals surface area contributed by atoms with Crippen LogP contribution in [0, 0.1) is 0 Å². The Bertz CT molecular complexity index is 274. The molecule has 0 spiro atoms. The van der Waals surface area contributed by atoms with E-state index in [4.69, 9.17) is 13.6 Å². The van der Waals surface area contributed by atoms with Crippen LogP contribution in [0.5, 0.6) is 0 Å². The van der Waals surface area contributed by atoms with E-state index in [9.17, 15) is 4.57 Å². The van der Waals surface area contributed by atoms with Gasteiger partial charge in [-0.1, -0.05) is 59.3 Å². The highest BCUT2D eigenvalue weighted by atomic mass is 31.2. The van der Waals surface area contributed by atoms with Crippen LogP contribution in [-0.4, -0.2) is 18.8 Å². The van der Waals surface area contributed by atoms with Gasteiger partial charge in [0.15, 0.2) is 0 Å². The quantitative estimate of drug-likeness (QED) is 0.253. The highest BCUT2D eigenvalue weighted by molar-refractivity contribution is 7.48. The maximum absolute atomic E-state index is 12.8. The molecule has 2 unspecified atom stereocenters. The molecule has 0 aromatic carbocycles. The maximum Gasteiger partial charge on any atom is 0.475 e. The first-order chi connectivity index (χ1) is 10.5. The minimum Gasteiger partial charge on any atom is -0.287 e. The third kappa shape index (κ3) is 11.6. The zero-order valence-electron chi connectivity index (χ0n) is 15.3. The van der Waals surface area contributed by atoms with E-state index in [1.807, 2.05) is 20.8 Å². The van der Waals surface area contributed by atoms with Gasteiger partial charge < -0.3 is 0 Å². The minimum absolute atomic E-state index is 0.0999. The second-order valence-corrected chi connectivity index (χ2v) is 7.68. The van der Waals surface area contributed by atoms with Gasteiger partial charge in [0.2, 0.25) is 0 Å². The molecule has 0 saturated carbocycles. The van der Waals surface area contributed by atoms with Gasteiger partial charge in [-0.15, -0.1) is 0 Å². The number of unbranched alkanes of at least 4 members (excludes halogenated alkanes) is 4. The summed E-state index contributed by atoms with van der Waals surface area (Å²) in [5.74, 6) is 0. The number of hydrogen-bond acceptors (Lipinski definition) is 4. The van der Waals surface area contributed by atoms with Crippen molar-refractivity contribution in [3.8, 4) is 0 Å². The Balaban J connectivity index is 4.39. The monoisotopic (exact) mass is 336 g/mol. The van der Waals surface area contributed by atoms with Crippen molar-refractivity contribution < 1.29 is 18.1 Å². The molecule has 5 heteroatoms. The lowest BCUT2D eigenvalue weighted by molar-refractivity contribution is 0.0559. The largest absolute Gasteiger partial charge is 0.475 e. The first-order valence-corrected chi connectivity index (χ1v) is 10.5. The van der Waals surface area contributed by atoms with Crippen molar-refractivity contribution in [2.45, 2.75) is 105 Å². The molecular formula is C17H37O4P. The molecule has 0 amide bonds. The molecule has 0 fully saturated rings. The molecule has 0 bridgehead atoms. The summed E-state index contributed by atoms with van der Waals surface area (Å²) in [5, 5.41) is 0. The average Bonchev–Trinajstić information content (AvgIpc) is 2.45. The molecule has 134 valence electrons. The van der Waals surface area contributed by atoms with Gasteiger partial charge in [0.05, 0.1) is 18.8 Å². The van der Waals surface area contributed by atoms with Crippen LogP contribution in [0.2, 0.25) is 0 Å². The Morgan fingerprint density at radius 2 is 1.23 bits per heavy atom. The smallest absolute Gasteiger partial charge is 0.287 e. The second-order valence-electron chi connectivity index (χ2n) is 6.10. The van der Waals surface area contributed by atoms with E-state index in [1.165, 1.54) is 25.7 Å². The molecular weight excluding hydrogens is 299 g/mol. The molecule has 0 aromatic rings. The number of phosphoric acid groups is 1. The zero-order chi connectivity index (χ0) is 16.8. The molecule has 0 radical (unpaired) electrons. The summed E-state index contributed by atoms with van der Waals surface area (Å²) in [6.07, 6.45) is 9.21. The lowest BCUT2D eigenvalue weighted by Crippen LogP contribution is -2.14. The van der Waals surface area contributed by atoms with E-state index in [2.05, 4.69) is 13.8 Å². The first-order valence-electron chi connectivity index (χ1n) is 9.08. The first kappa shape index (κ1) is 22.1. The van der Waals surface area contributed by atoms with Crippen molar-refractivity contribution in [3.05, 3.63) is 0 Å². The van der Waals surface area contributed by atoms with Crippen LogP contribution in [-0.2, 0) is 18.1 Å². The van der Waals surface area contributed by atoms with Crippen molar-refractivity contribution >= 4 is 7.82 Å². The molecule has 0 aromatic heterocycles. The van der Waals surface area contributed by atoms with E-state index in [-0.39, 0.29) is 12.2 Å². The Morgan fingerprint density at radius 1 is 0.773 bits per heavy atom. The summed E-state index contributed by atoms with van der Waals surface area (Å²) in [4.78, 5) is 0. The van der Waals surface area contributed by atoms with Crippen LogP contribution in [0.1, 0.15) is 92.4 Å². The SMILES string of the molecule is CCCCCC(C)OP(=O)(OCCC)OC(C)CCCCC. The van der Waals surface area contributed by atoms with Gasteiger partial charge in [0, 0.05) is 0 Å². The summed E-state index contributed by atoms with van der Waals surface area (Å²) in [5.41, 5.74) is 0. The van der Waals surface area contributed by atoms with Gasteiger partial charge in [0.25, 0.3) is 0 Å². The van der Waals surface area contributed by atoms with Crippen molar-refractivity contribution in [2.24, 2.45) is 0 Å². The van der Waals surface area contributed by atoms with Gasteiger partial charge in [-0.2, -0.15) is 0 Å². The average molecular weight is 336 g/mol. The third-order valence-electron chi connectivity index (χ3n) is 3.50. The Kier molecular flexibility index (Phi) is 13.6. The topological polar surface area (TPSA) is 44.8 Å². The summed E-state index contributed by atoms with van der Waals surface area (Å²) >= 11 is 0. The summed E-state index contributed by atoms with van der Waals surface area (Å²) in [7, 11) is -3.45. The van der Waals surface area contributed by atoms with Crippen LogP contribution in [0.4, 0.5) is 0 Å². The molecule has 0 saturated heterocycles. The van der Waals surface area contributed by atoms with E-state index in [0.717, 1.165) is 32.1 Å². The van der Waals surface area contributed by atoms with Gasteiger partial charge in [-0.3, -0.25) is 13.6 Å². The number of phosphoric ester groups is 1. The molecule has 2 atom stereocenters. The van der Waals surface area contributed by atoms with Crippen LogP contribution >= 0.6 is 7.82 Å². The molecule has 0 aliphatic carbocycles. The Morgan fingerprint density at radius 3 is 1.59 bits per heavy atom. The van der Waals surface area contributed by atoms with Gasteiger partial charge in [-0.05, 0) is 33.1 Å². The highest BCUT2D eigenvalue weighted by Crippen LogP contribution is 2.52. The van der Waals surface area contributed by atoms with Crippen molar-refractivity contribution in [1.29, 1.82) is 0 Å². The number of hydrogen-bond donors (Lipinski definition) is 0.